The fourth-order valence-corrected chi connectivity index (χ4v) is 9.94. The maximum Gasteiger partial charge on any atom is 0.227 e. The van der Waals surface area contributed by atoms with Crippen molar-refractivity contribution in [2.24, 2.45) is 11.8 Å². The van der Waals surface area contributed by atoms with Crippen LogP contribution in [0.4, 0.5) is 28.4 Å². The molecule has 2 amide bonds. The summed E-state index contributed by atoms with van der Waals surface area (Å²) in [7, 11) is 0. The highest BCUT2D eigenvalue weighted by atomic mass is 16.3. The summed E-state index contributed by atoms with van der Waals surface area (Å²) in [6.07, 6.45) is 6.70. The number of fused-ring (bicyclic) bond motifs is 2. The molecule has 0 fully saturated rings. The number of amides is 2. The number of benzene rings is 4. The Balaban J connectivity index is 1.47. The second-order valence-corrected chi connectivity index (χ2v) is 18.9. The fraction of sp³-hybridized carbons (Fsp3) is 0.444. The topological polar surface area (TPSA) is 105 Å². The average Bonchev–Trinajstić information content (AvgIpc) is 3.57. The van der Waals surface area contributed by atoms with Gasteiger partial charge in [-0.2, -0.15) is 4.58 Å². The third kappa shape index (κ3) is 7.68. The lowest BCUT2D eigenvalue weighted by atomic mass is 9.76. The number of rotatable bonds is 15. The number of hydrogen-bond donors (Lipinski definition) is 2. The average molecular weight is 835 g/mol. The molecule has 8 nitrogen and oxygen atoms in total. The molecule has 1 aliphatic carbocycles. The second kappa shape index (κ2) is 17.7. The number of allylic oxidation sites excluding steroid dienone is 2. The number of ketones is 1. The van der Waals surface area contributed by atoms with Gasteiger partial charge < -0.3 is 20.6 Å². The molecule has 4 unspecified atom stereocenters. The van der Waals surface area contributed by atoms with E-state index in [0.717, 1.165) is 72.1 Å². The molecule has 0 saturated carbocycles. The number of carbonyl (C=O) groups is 3. The van der Waals surface area contributed by atoms with Crippen LogP contribution in [-0.2, 0) is 25.2 Å². The summed E-state index contributed by atoms with van der Waals surface area (Å²) >= 11 is 0. The zero-order chi connectivity index (χ0) is 44.7. The molecule has 4 atom stereocenters. The summed E-state index contributed by atoms with van der Waals surface area (Å²) < 4.78 is 2.29. The minimum absolute atomic E-state index is 0.0367. The van der Waals surface area contributed by atoms with Crippen molar-refractivity contribution < 1.29 is 19.5 Å². The van der Waals surface area contributed by atoms with Crippen molar-refractivity contribution in [2.75, 3.05) is 15.5 Å². The molecule has 0 radical (unpaired) electrons. The largest absolute Gasteiger partial charge is 0.871 e. The van der Waals surface area contributed by atoms with Crippen LogP contribution in [0.5, 0.6) is 0 Å². The number of nitrogens with zero attached hydrogens (tertiary/aromatic N) is 2. The number of nitrogens with one attached hydrogen (secondary N) is 2. The van der Waals surface area contributed by atoms with Crippen molar-refractivity contribution in [3.8, 4) is 0 Å². The molecule has 62 heavy (non-hydrogen) atoms. The number of unbranched alkanes of at least 4 members (excludes halogenated alkanes) is 2. The minimum atomic E-state index is -0.385. The van der Waals surface area contributed by atoms with Gasteiger partial charge in [0.15, 0.2) is 11.8 Å². The standard InChI is InChI=1S/C54H66N4O4/c1-11-15-23-35(13-3)51(61)55-43-31-45-41(53(7,8)33(5)57(45)37-25-19-17-20-26-37)29-39(43)47-49(59)48(50(47)60)40-30-42-46(32-44(40)56-52(62)36(14-4)24-16-12-2)58(34(6)54(42,9)10)38-27-21-18-22-28-38/h17-22,25-36H,11-16,23-24H2,1-10H3,(H2,55,56,59,60,61,62). The van der Waals surface area contributed by atoms with E-state index in [9.17, 15) is 19.5 Å². The van der Waals surface area contributed by atoms with Gasteiger partial charge in [-0.25, -0.2) is 0 Å². The Morgan fingerprint density at radius 3 is 1.84 bits per heavy atom. The van der Waals surface area contributed by atoms with E-state index in [1.54, 1.807) is 0 Å². The number of Topliss-reactive ketones (excluding diaryl/α,β-unsaturated/α-hetero) is 1. The van der Waals surface area contributed by atoms with Crippen LogP contribution in [0.15, 0.2) is 90.7 Å². The van der Waals surface area contributed by atoms with Gasteiger partial charge in [-0.05, 0) is 89.3 Å². The van der Waals surface area contributed by atoms with Gasteiger partial charge >= 0.3 is 0 Å². The second-order valence-electron chi connectivity index (χ2n) is 18.9. The molecule has 8 heteroatoms. The lowest BCUT2D eigenvalue weighted by Gasteiger charge is -2.33. The Morgan fingerprint density at radius 1 is 0.726 bits per heavy atom. The Morgan fingerprint density at radius 2 is 1.29 bits per heavy atom. The SMILES string of the molecule is CCCCC(CC)C(=O)Nc1cc2c(cc1C1=C([O-])/C(=c3/cc4c(cc3NC(=O)C(CC)CCCC)=[N+](c3ccccc3)C(C)C4(C)C)C1=O)C(C)(C)C(C)N2c1ccccc1. The molecule has 3 aliphatic rings. The van der Waals surface area contributed by atoms with Crippen LogP contribution in [0.1, 0.15) is 137 Å². The number of anilines is 4. The summed E-state index contributed by atoms with van der Waals surface area (Å²) in [5.41, 5.74) is 5.76. The molecule has 2 heterocycles. The monoisotopic (exact) mass is 835 g/mol. The molecule has 326 valence electrons. The van der Waals surface area contributed by atoms with E-state index in [0.29, 0.717) is 35.0 Å². The first kappa shape index (κ1) is 44.6. The minimum Gasteiger partial charge on any atom is -0.871 e. The maximum atomic E-state index is 15.0. The first-order valence-corrected chi connectivity index (χ1v) is 23.1. The summed E-state index contributed by atoms with van der Waals surface area (Å²) in [6, 6.07) is 28.4. The van der Waals surface area contributed by atoms with Crippen molar-refractivity contribution in [1.82, 2.24) is 4.58 Å². The van der Waals surface area contributed by atoms with Crippen molar-refractivity contribution in [3.05, 3.63) is 118 Å². The van der Waals surface area contributed by atoms with Crippen LogP contribution in [0, 0.1) is 11.8 Å². The Hall–Kier alpha value is -5.50. The third-order valence-corrected chi connectivity index (χ3v) is 14.6. The first-order chi connectivity index (χ1) is 29.6. The van der Waals surface area contributed by atoms with E-state index in [4.69, 9.17) is 0 Å². The Bertz CT molecular complexity index is 2540. The van der Waals surface area contributed by atoms with Crippen molar-refractivity contribution >= 4 is 57.2 Å². The quantitative estimate of drug-likeness (QED) is 0.116. The molecule has 4 aromatic rings. The van der Waals surface area contributed by atoms with E-state index in [1.807, 2.05) is 74.5 Å². The van der Waals surface area contributed by atoms with Crippen LogP contribution in [0.25, 0.3) is 11.1 Å². The highest BCUT2D eigenvalue weighted by Gasteiger charge is 2.47. The van der Waals surface area contributed by atoms with Crippen LogP contribution < -0.4 is 35.8 Å². The summed E-state index contributed by atoms with van der Waals surface area (Å²) in [6.45, 7) is 21.4. The molecule has 2 N–H and O–H groups in total. The zero-order valence-electron chi connectivity index (χ0n) is 38.6. The van der Waals surface area contributed by atoms with Gasteiger partial charge in [0.1, 0.15) is 0 Å². The highest BCUT2D eigenvalue weighted by molar-refractivity contribution is 6.52. The molecule has 0 spiro atoms. The predicted octanol–water partition coefficient (Wildman–Crippen LogP) is 9.82. The normalized spacial score (nSPS) is 20.4. The van der Waals surface area contributed by atoms with E-state index in [2.05, 4.69) is 99.8 Å². The van der Waals surface area contributed by atoms with E-state index in [-0.39, 0.29) is 69.3 Å². The van der Waals surface area contributed by atoms with E-state index >= 15 is 0 Å². The van der Waals surface area contributed by atoms with Gasteiger partial charge in [0.05, 0.1) is 16.8 Å². The molecule has 2 aliphatic heterocycles. The zero-order valence-corrected chi connectivity index (χ0v) is 38.6. The van der Waals surface area contributed by atoms with Gasteiger partial charge in [0, 0.05) is 80.4 Å². The number of para-hydroxylation sites is 2. The van der Waals surface area contributed by atoms with Crippen molar-refractivity contribution in [2.45, 2.75) is 144 Å². The molecular formula is C54H66N4O4. The predicted molar refractivity (Wildman–Crippen MR) is 252 cm³/mol. The number of hydrogen-bond acceptors (Lipinski definition) is 5. The molecular weight excluding hydrogens is 769 g/mol. The molecule has 0 aromatic heterocycles. The van der Waals surface area contributed by atoms with Crippen molar-refractivity contribution in [1.29, 1.82) is 0 Å². The first-order valence-electron chi connectivity index (χ1n) is 23.1. The number of carbonyl (C=O) groups excluding carboxylic acids is 3. The fourth-order valence-electron chi connectivity index (χ4n) is 9.94. The third-order valence-electron chi connectivity index (χ3n) is 14.6. The molecule has 0 bridgehead atoms. The lowest BCUT2D eigenvalue weighted by Crippen LogP contribution is -2.37. The van der Waals surface area contributed by atoms with Crippen LogP contribution in [-0.4, -0.2) is 29.7 Å². The summed E-state index contributed by atoms with van der Waals surface area (Å²) in [4.78, 5) is 45.5. The van der Waals surface area contributed by atoms with Gasteiger partial charge in [0.2, 0.25) is 22.9 Å². The van der Waals surface area contributed by atoms with E-state index in [1.165, 1.54) is 0 Å². The van der Waals surface area contributed by atoms with Gasteiger partial charge in [-0.3, -0.25) is 14.4 Å². The van der Waals surface area contributed by atoms with Gasteiger partial charge in [-0.15, -0.1) is 0 Å². The van der Waals surface area contributed by atoms with Crippen LogP contribution in [0.2, 0.25) is 0 Å². The van der Waals surface area contributed by atoms with Gasteiger partial charge in [-0.1, -0.05) is 109 Å². The smallest absolute Gasteiger partial charge is 0.227 e. The van der Waals surface area contributed by atoms with Crippen LogP contribution >= 0.6 is 0 Å². The molecule has 0 saturated heterocycles. The van der Waals surface area contributed by atoms with E-state index < -0.39 is 0 Å². The molecule has 4 aromatic carbocycles. The Labute approximate surface area is 368 Å². The summed E-state index contributed by atoms with van der Waals surface area (Å²) in [5.74, 6) is -1.41. The lowest BCUT2D eigenvalue weighted by molar-refractivity contribution is -0.292. The summed E-state index contributed by atoms with van der Waals surface area (Å²) in [5, 5.41) is 22.9. The van der Waals surface area contributed by atoms with Crippen LogP contribution in [0.3, 0.4) is 0 Å². The van der Waals surface area contributed by atoms with Gasteiger partial charge in [0.25, 0.3) is 0 Å². The van der Waals surface area contributed by atoms with Crippen molar-refractivity contribution in [3.63, 3.8) is 0 Å². The molecule has 7 rings (SSSR count). The maximum absolute atomic E-state index is 15.0. The highest BCUT2D eigenvalue weighted by Crippen LogP contribution is 2.52. The Kier molecular flexibility index (Phi) is 12.7.